The minimum atomic E-state index is -2.32. The smallest absolute Gasteiger partial charge is 0.109 e. The van der Waals surface area contributed by atoms with Crippen LogP contribution in [0.5, 0.6) is 0 Å². The molecule has 2 heteroatoms. The molecule has 10 rings (SSSR count). The number of hydrogen-bond donors (Lipinski definition) is 0. The largest absolute Gasteiger partial charge is 0.319 e. The topological polar surface area (TPSA) is 17.1 Å². The van der Waals surface area contributed by atoms with Gasteiger partial charge in [-0.25, -0.2) is 0 Å². The Kier molecular flexibility index (Phi) is 6.26. The van der Waals surface area contributed by atoms with E-state index >= 15 is 0 Å². The van der Waals surface area contributed by atoms with Gasteiger partial charge in [-0.05, 0) is 122 Å². The third kappa shape index (κ3) is 4.33. The molecule has 0 aromatic heterocycles. The highest BCUT2D eigenvalue weighted by molar-refractivity contribution is 7.70. The van der Waals surface area contributed by atoms with Crippen LogP contribution in [-0.4, -0.2) is 13.3 Å². The second kappa shape index (κ2) is 10.5. The molecule has 0 saturated heterocycles. The maximum atomic E-state index is 12.9. The lowest BCUT2D eigenvalue weighted by Gasteiger charge is -2.50. The summed E-state index contributed by atoms with van der Waals surface area (Å²) in [5.74, 6) is 2.68. The molecule has 5 aromatic carbocycles. The second-order valence-electron chi connectivity index (χ2n) is 15.1. The number of hydrogen-bond acceptors (Lipinski definition) is 1. The monoisotopic (exact) mass is 638 g/mol. The Morgan fingerprint density at radius 3 is 2.23 bits per heavy atom. The predicted molar refractivity (Wildman–Crippen MR) is 205 cm³/mol. The highest BCUT2D eigenvalue weighted by Crippen LogP contribution is 2.56. The molecule has 0 bridgehead atoms. The highest BCUT2D eigenvalue weighted by Gasteiger charge is 2.46. The minimum absolute atomic E-state index is 0.318. The average molecular weight is 639 g/mol. The SMILES string of the molecule is CP(C)(=O)c1ccc(C2=CC(c3ccc4ccc5cccc6ccc3c4c56)=CC(C3=CC=C4C=CC5=CC=CC6CCC3C4C56)C2)cc1. The standard InChI is InChI=1S/C46H39OP/c1-48(2,47)38-19-13-28(14-20-38)35-25-36(39-21-15-33-11-9-29-5-3-7-31-17-23-41(39)45(33)43(29)31)27-37(26-35)40-22-16-34-12-10-30-6-4-8-32-18-24-42(40)46(34)44(30)32/h3-17,19-23,25,27,32,37,42,44,46H,18,24,26H2,1-2H3. The first-order chi connectivity index (χ1) is 23.4. The van der Waals surface area contributed by atoms with Gasteiger partial charge in [0.2, 0.25) is 0 Å². The van der Waals surface area contributed by atoms with Gasteiger partial charge in [0.1, 0.15) is 7.14 Å². The fourth-order valence-corrected chi connectivity index (χ4v) is 10.8. The van der Waals surface area contributed by atoms with Crippen molar-refractivity contribution >= 4 is 55.9 Å². The molecule has 1 fully saturated rings. The fraction of sp³-hybridized carbons (Fsp3) is 0.217. The first kappa shape index (κ1) is 28.6. The number of benzene rings is 5. The van der Waals surface area contributed by atoms with Gasteiger partial charge in [-0.15, -0.1) is 0 Å². The van der Waals surface area contributed by atoms with Gasteiger partial charge in [0.25, 0.3) is 0 Å². The lowest BCUT2D eigenvalue weighted by molar-refractivity contribution is 0.182. The van der Waals surface area contributed by atoms with Crippen LogP contribution in [-0.2, 0) is 4.57 Å². The molecule has 0 amide bonds. The molecule has 1 saturated carbocycles. The molecule has 0 aliphatic heterocycles. The summed E-state index contributed by atoms with van der Waals surface area (Å²) in [6.07, 6.45) is 25.4. The minimum Gasteiger partial charge on any atom is -0.319 e. The molecule has 0 radical (unpaired) electrons. The normalized spacial score (nSPS) is 26.2. The summed E-state index contributed by atoms with van der Waals surface area (Å²) in [6.45, 7) is 3.73. The Hall–Kier alpha value is -4.45. The van der Waals surface area contributed by atoms with Crippen LogP contribution in [0.2, 0.25) is 0 Å². The van der Waals surface area contributed by atoms with E-state index < -0.39 is 7.14 Å². The molecule has 5 atom stereocenters. The third-order valence-corrected chi connectivity index (χ3v) is 13.7. The van der Waals surface area contributed by atoms with Crippen LogP contribution in [0.15, 0.2) is 150 Å². The molecule has 1 nitrogen and oxygen atoms in total. The van der Waals surface area contributed by atoms with Crippen molar-refractivity contribution in [2.24, 2.45) is 29.6 Å². The van der Waals surface area contributed by atoms with Gasteiger partial charge in [0, 0.05) is 11.2 Å². The van der Waals surface area contributed by atoms with Crippen molar-refractivity contribution < 1.29 is 4.57 Å². The zero-order valence-electron chi connectivity index (χ0n) is 27.6. The summed E-state index contributed by atoms with van der Waals surface area (Å²) >= 11 is 0. The van der Waals surface area contributed by atoms with Gasteiger partial charge >= 0.3 is 0 Å². The molecular formula is C46H39OP. The fourth-order valence-electron chi connectivity index (χ4n) is 9.92. The second-order valence-corrected chi connectivity index (χ2v) is 18.3. The van der Waals surface area contributed by atoms with E-state index in [1.54, 1.807) is 5.57 Å². The molecule has 0 heterocycles. The van der Waals surface area contributed by atoms with Crippen LogP contribution in [0, 0.1) is 29.6 Å². The van der Waals surface area contributed by atoms with E-state index in [4.69, 9.17) is 0 Å². The van der Waals surface area contributed by atoms with Gasteiger partial charge in [-0.1, -0.05) is 139 Å². The van der Waals surface area contributed by atoms with E-state index in [9.17, 15) is 4.57 Å². The van der Waals surface area contributed by atoms with E-state index in [0.717, 1.165) is 11.7 Å². The first-order valence-corrected chi connectivity index (χ1v) is 20.2. The molecule has 48 heavy (non-hydrogen) atoms. The zero-order chi connectivity index (χ0) is 32.1. The van der Waals surface area contributed by atoms with Crippen LogP contribution in [0.25, 0.3) is 43.5 Å². The van der Waals surface area contributed by atoms with Crippen LogP contribution in [0.1, 0.15) is 30.4 Å². The zero-order valence-corrected chi connectivity index (χ0v) is 28.5. The van der Waals surface area contributed by atoms with E-state index in [2.05, 4.69) is 134 Å². The van der Waals surface area contributed by atoms with Crippen molar-refractivity contribution in [3.63, 3.8) is 0 Å². The summed E-state index contributed by atoms with van der Waals surface area (Å²) in [5, 5.41) is 8.92. The van der Waals surface area contributed by atoms with E-state index in [1.807, 2.05) is 13.3 Å². The summed E-state index contributed by atoms with van der Waals surface area (Å²) in [4.78, 5) is 0. The van der Waals surface area contributed by atoms with Crippen LogP contribution >= 0.6 is 7.14 Å². The van der Waals surface area contributed by atoms with Crippen LogP contribution < -0.4 is 5.30 Å². The van der Waals surface area contributed by atoms with Gasteiger partial charge < -0.3 is 4.57 Å². The summed E-state index contributed by atoms with van der Waals surface area (Å²) in [5.41, 5.74) is 9.88. The Morgan fingerprint density at radius 1 is 0.708 bits per heavy atom. The predicted octanol–water partition coefficient (Wildman–Crippen LogP) is 11.5. The maximum Gasteiger partial charge on any atom is 0.109 e. The van der Waals surface area contributed by atoms with Crippen molar-refractivity contribution in [3.8, 4) is 0 Å². The van der Waals surface area contributed by atoms with E-state index in [-0.39, 0.29) is 0 Å². The highest BCUT2D eigenvalue weighted by atomic mass is 31.2. The average Bonchev–Trinajstić information content (AvgIpc) is 3.12. The lowest BCUT2D eigenvalue weighted by Crippen LogP contribution is -2.41. The Morgan fingerprint density at radius 2 is 1.44 bits per heavy atom. The molecule has 0 N–H and O–H groups in total. The van der Waals surface area contributed by atoms with Crippen molar-refractivity contribution in [3.05, 3.63) is 161 Å². The summed E-state index contributed by atoms with van der Waals surface area (Å²) in [6, 6.07) is 29.1. The van der Waals surface area contributed by atoms with Crippen molar-refractivity contribution in [1.29, 1.82) is 0 Å². The Bertz CT molecular complexity index is 2420. The lowest BCUT2D eigenvalue weighted by atomic mass is 9.54. The van der Waals surface area contributed by atoms with Gasteiger partial charge in [-0.2, -0.15) is 0 Å². The van der Waals surface area contributed by atoms with Gasteiger partial charge in [-0.3, -0.25) is 0 Å². The maximum absolute atomic E-state index is 12.9. The van der Waals surface area contributed by atoms with Gasteiger partial charge in [0.05, 0.1) is 0 Å². The summed E-state index contributed by atoms with van der Waals surface area (Å²) < 4.78 is 12.9. The van der Waals surface area contributed by atoms with E-state index in [1.165, 1.54) is 78.6 Å². The first-order valence-electron chi connectivity index (χ1n) is 17.6. The van der Waals surface area contributed by atoms with Crippen LogP contribution in [0.4, 0.5) is 0 Å². The molecule has 234 valence electrons. The molecule has 5 unspecified atom stereocenters. The molecular weight excluding hydrogens is 599 g/mol. The molecule has 5 aromatic rings. The van der Waals surface area contributed by atoms with Crippen LogP contribution in [0.3, 0.4) is 0 Å². The number of rotatable bonds is 4. The number of allylic oxidation sites excluding steroid dienone is 14. The Labute approximate surface area is 283 Å². The van der Waals surface area contributed by atoms with Crippen molar-refractivity contribution in [1.82, 2.24) is 0 Å². The third-order valence-electron chi connectivity index (χ3n) is 12.2. The van der Waals surface area contributed by atoms with Gasteiger partial charge in [0.15, 0.2) is 0 Å². The quantitative estimate of drug-likeness (QED) is 0.141. The Balaban J connectivity index is 1.14. The van der Waals surface area contributed by atoms with Crippen molar-refractivity contribution in [2.45, 2.75) is 19.3 Å². The molecule has 0 spiro atoms. The molecule has 5 aliphatic carbocycles. The summed E-state index contributed by atoms with van der Waals surface area (Å²) in [7, 11) is -2.32. The molecule has 5 aliphatic rings. The van der Waals surface area contributed by atoms with Crippen molar-refractivity contribution in [2.75, 3.05) is 13.3 Å². The van der Waals surface area contributed by atoms with E-state index in [0.29, 0.717) is 29.6 Å².